The molecule has 0 amide bonds. The molecular formula is C74H96BCl6N7NaO10S3Ti. The summed E-state index contributed by atoms with van der Waals surface area (Å²) in [5.74, 6) is 4.52. The van der Waals surface area contributed by atoms with Crippen LogP contribution in [-0.4, -0.2) is 95.2 Å². The Morgan fingerprint density at radius 2 is 1.04 bits per heavy atom. The molecule has 3 radical (unpaired) electrons. The smallest absolute Gasteiger partial charge is 1.00 e. The number of unbranched alkanes of at least 4 members (excludes halogenated alkanes) is 6. The van der Waals surface area contributed by atoms with Crippen molar-refractivity contribution in [2.45, 2.75) is 194 Å². The van der Waals surface area contributed by atoms with Crippen molar-refractivity contribution in [2.24, 2.45) is 10.7 Å². The number of fused-ring (bicyclic) bond motifs is 2. The predicted molar refractivity (Wildman–Crippen MR) is 425 cm³/mol. The van der Waals surface area contributed by atoms with Gasteiger partial charge in [0.05, 0.1) is 58.7 Å². The molecule has 1 unspecified atom stereocenters. The normalized spacial score (nSPS) is 13.8. The number of nitrogens with one attached hydrogen (secondary N) is 1. The molecule has 0 fully saturated rings. The number of nitrogens with zero attached hydrogens (tertiary/aromatic N) is 5. The second-order valence-corrected chi connectivity index (χ2v) is 43.7. The summed E-state index contributed by atoms with van der Waals surface area (Å²) in [6.45, 7) is 17.9. The fourth-order valence-corrected chi connectivity index (χ4v) is 15.1. The number of halogens is 6. The molecule has 8 rings (SSSR count). The summed E-state index contributed by atoms with van der Waals surface area (Å²) in [4.78, 5) is 54.6. The molecular weight excluding hydrogens is 1540 g/mol. The van der Waals surface area contributed by atoms with Crippen LogP contribution in [0.25, 0.3) is 0 Å². The van der Waals surface area contributed by atoms with E-state index in [0.717, 1.165) is 163 Å². The minimum atomic E-state index is -3.11. The number of nitro groups is 3. The number of nitrogens with two attached hydrogens (primary N) is 1. The number of alkyl halides is 2. The van der Waals surface area contributed by atoms with Crippen molar-refractivity contribution in [1.82, 2.24) is 5.32 Å². The van der Waals surface area contributed by atoms with Crippen molar-refractivity contribution >= 4 is 133 Å². The quantitative estimate of drug-likeness (QED) is 0.00781. The van der Waals surface area contributed by atoms with Crippen molar-refractivity contribution in [3.63, 3.8) is 0 Å². The number of non-ortho nitro benzene ring substituents is 3. The third-order valence-electron chi connectivity index (χ3n) is 16.9. The zero-order valence-corrected chi connectivity index (χ0v) is 71.3. The number of ketones is 1. The summed E-state index contributed by atoms with van der Waals surface area (Å²) in [7, 11) is 24.9. The van der Waals surface area contributed by atoms with E-state index in [1.54, 1.807) is 87.7 Å². The van der Waals surface area contributed by atoms with Gasteiger partial charge in [-0.15, -0.1) is 58.5 Å². The molecule has 0 saturated carbocycles. The van der Waals surface area contributed by atoms with Gasteiger partial charge in [-0.05, 0) is 129 Å². The maximum absolute atomic E-state index is 13.2. The molecule has 555 valence electrons. The molecule has 29 heteroatoms. The van der Waals surface area contributed by atoms with E-state index in [0.29, 0.717) is 27.5 Å². The first kappa shape index (κ1) is 97.2. The van der Waals surface area contributed by atoms with Gasteiger partial charge in [0.25, 0.3) is 17.1 Å². The van der Waals surface area contributed by atoms with Crippen molar-refractivity contribution in [2.75, 3.05) is 43.9 Å². The molecule has 17 nitrogen and oxygen atoms in total. The van der Waals surface area contributed by atoms with Crippen LogP contribution in [-0.2, 0) is 12.3 Å². The Labute approximate surface area is 676 Å². The van der Waals surface area contributed by atoms with Crippen LogP contribution in [0.2, 0.25) is 0 Å². The second-order valence-electron chi connectivity index (χ2n) is 24.3. The Morgan fingerprint density at radius 3 is 1.50 bits per heavy atom. The van der Waals surface area contributed by atoms with E-state index in [2.05, 4.69) is 59.0 Å². The van der Waals surface area contributed by atoms with Crippen LogP contribution in [0, 0.1) is 42.2 Å². The minimum absolute atomic E-state index is 0. The Morgan fingerprint density at radius 1 is 0.631 bits per heavy atom. The summed E-state index contributed by atoms with van der Waals surface area (Å²) in [5.41, 5.74) is 12.0. The van der Waals surface area contributed by atoms with Gasteiger partial charge in [-0.1, -0.05) is 131 Å². The van der Waals surface area contributed by atoms with Crippen molar-refractivity contribution in [3.8, 4) is 17.2 Å². The van der Waals surface area contributed by atoms with Gasteiger partial charge in [-0.25, -0.2) is 0 Å². The molecule has 0 bridgehead atoms. The minimum Gasteiger partial charge on any atom is 1.00 e. The van der Waals surface area contributed by atoms with Gasteiger partial charge < -0.3 is 31.8 Å². The molecule has 1 atom stereocenters. The third kappa shape index (κ3) is 33.3. The number of hydrogen-bond donors (Lipinski definition) is 2. The molecule has 103 heavy (non-hydrogen) atoms. The van der Waals surface area contributed by atoms with Crippen LogP contribution >= 0.6 is 95.7 Å². The molecule has 0 aromatic heterocycles. The first-order chi connectivity index (χ1) is 48.3. The summed E-state index contributed by atoms with van der Waals surface area (Å²) in [6, 6.07) is 37.5. The average molecular weight is 1630 g/mol. The SMILES string of the molecule is CCCCC(N)(CCCC)CSc1ccc([N+](=O)[O-])cc1C(=O)c1ccc(OC)cc1.CCCCC1(CCCC)CSc2ccc([N+](=O)[O-])cc2C(c2ccc(OC)cc2)=N1.CCCCC1(CCCC)CSc2ccc([N+](=O)[O-])cc2C(c2ccc(OC)cc2)N1.ClCCl.[B].[C-]#N.[Cl][Ti]([Cl])([Cl])[Cl].[Na+]. The number of aliphatic imine (C=N–C) groups is 1. The third-order valence-corrected chi connectivity index (χ3v) is 21.0. The molecule has 3 N–H and O–H groups in total. The number of benzene rings is 6. The molecule has 2 heterocycles. The van der Waals surface area contributed by atoms with Crippen molar-refractivity contribution < 1.29 is 75.7 Å². The summed E-state index contributed by atoms with van der Waals surface area (Å²) in [5, 5.41) is 44.7. The van der Waals surface area contributed by atoms with Crippen LogP contribution in [0.1, 0.15) is 201 Å². The summed E-state index contributed by atoms with van der Waals surface area (Å²) in [6.07, 6.45) is 19.6. The molecule has 2 aliphatic heterocycles. The largest absolute Gasteiger partial charge is 1.00 e. The Hall–Kier alpha value is -3.76. The first-order valence-electron chi connectivity index (χ1n) is 33.8. The van der Waals surface area contributed by atoms with Crippen molar-refractivity contribution in [1.29, 1.82) is 5.26 Å². The monoisotopic (exact) mass is 1630 g/mol. The maximum Gasteiger partial charge on any atom is 1.00 e. The summed E-state index contributed by atoms with van der Waals surface area (Å²) < 4.78 is 15.8. The van der Waals surface area contributed by atoms with E-state index >= 15 is 0 Å². The Kier molecular flexibility index (Phi) is 48.7. The number of hydrogen-bond acceptors (Lipinski definition) is 17. The molecule has 6 aromatic rings. The topological polar surface area (TPSA) is 248 Å². The van der Waals surface area contributed by atoms with Gasteiger partial charge >= 0.3 is 79.1 Å². The zero-order valence-electron chi connectivity index (χ0n) is 60.7. The van der Waals surface area contributed by atoms with Gasteiger partial charge in [0, 0.05) is 110 Å². The first-order valence-corrected chi connectivity index (χ1v) is 46.4. The molecule has 6 aromatic carbocycles. The van der Waals surface area contributed by atoms with Crippen LogP contribution < -0.4 is 54.8 Å². The molecule has 0 spiro atoms. The van der Waals surface area contributed by atoms with Crippen LogP contribution in [0.4, 0.5) is 17.1 Å². The fraction of sp³-hybridized carbons (Fsp3) is 0.473. The number of carbonyl (C=O) groups excluding carboxylic acids is 1. The predicted octanol–water partition coefficient (Wildman–Crippen LogP) is 20.1. The number of methoxy groups -OCH3 is 3. The van der Waals surface area contributed by atoms with Gasteiger partial charge in [0.2, 0.25) is 0 Å². The van der Waals surface area contributed by atoms with Crippen LogP contribution in [0.5, 0.6) is 17.2 Å². The van der Waals surface area contributed by atoms with E-state index in [4.69, 9.17) is 97.2 Å². The maximum atomic E-state index is 13.2. The van der Waals surface area contributed by atoms with E-state index in [9.17, 15) is 35.1 Å². The average Bonchev–Trinajstić information content (AvgIpc) is 1.70. The summed E-state index contributed by atoms with van der Waals surface area (Å²) >= 11 is 11.5. The van der Waals surface area contributed by atoms with E-state index < -0.39 is 17.3 Å². The van der Waals surface area contributed by atoms with Crippen LogP contribution in [0.15, 0.2) is 147 Å². The van der Waals surface area contributed by atoms with Gasteiger partial charge in [0.15, 0.2) is 5.78 Å². The molecule has 0 aliphatic carbocycles. The van der Waals surface area contributed by atoms with Gasteiger partial charge in [-0.3, -0.25) is 45.4 Å². The van der Waals surface area contributed by atoms with Gasteiger partial charge in [-0.2, -0.15) is 0 Å². The van der Waals surface area contributed by atoms with E-state index in [-0.39, 0.29) is 98.7 Å². The number of ether oxygens (including phenoxy) is 3. The van der Waals surface area contributed by atoms with E-state index in [1.807, 2.05) is 60.3 Å². The van der Waals surface area contributed by atoms with Crippen LogP contribution in [0.3, 0.4) is 0 Å². The number of carbonyl (C=O) groups is 1. The van der Waals surface area contributed by atoms with Crippen molar-refractivity contribution in [3.05, 3.63) is 198 Å². The zero-order chi connectivity index (χ0) is 75.2. The fourth-order valence-electron chi connectivity index (χ4n) is 11.4. The molecule has 2 aliphatic rings. The number of rotatable bonds is 31. The second kappa shape index (κ2) is 51.5. The van der Waals surface area contributed by atoms with E-state index in [1.165, 1.54) is 36.7 Å². The number of nitro benzene ring substituents is 3. The number of thioether (sulfide) groups is 3. The Balaban J connectivity index is 0.000000717. The molecule has 0 saturated heterocycles. The Bertz CT molecular complexity index is 3550. The van der Waals surface area contributed by atoms with Gasteiger partial charge in [0.1, 0.15) is 17.2 Å². The standard InChI is InChI=1S/C24H32N2O4S.C24H32N2O3S.C24H30N2O3S.CH2Cl2.CN.B.4ClH.Na.Ti/c1-4-6-14-24(25,15-7-5-2)17-31-22-13-10-19(26(28)29)16-21(22)23(27)18-8-11-20(30-3)12-9-18;2*1-4-6-14-24(15-7-5-2)17-30-22-13-10-19(26(27)28)16-21(22)23(25-24)18-8-11-20(29-3)12-9-18;2-1-3;1-2;;;;;;;/h8-13,16H,4-7,14-15,17,25H2,1-3H3;8-13,16,23,25H,4-7,14-15,17H2,1-3H3;8-13,16H,4-7,14-15,17H2,1-3H3;1H2;;;4*1H;;/q;;;;-1;;;;;;+1;+4/p-4.